The van der Waals surface area contributed by atoms with E-state index in [1.807, 2.05) is 41.3 Å². The molecule has 0 radical (unpaired) electrons. The molecule has 0 aliphatic carbocycles. The van der Waals surface area contributed by atoms with Gasteiger partial charge < -0.3 is 14.4 Å². The fourth-order valence-corrected chi connectivity index (χ4v) is 4.53. The molecule has 5 nitrogen and oxygen atoms in total. The zero-order chi connectivity index (χ0) is 20.9. The summed E-state index contributed by atoms with van der Waals surface area (Å²) in [5, 5.41) is 0. The number of likely N-dealkylation sites (tertiary alicyclic amines) is 1. The van der Waals surface area contributed by atoms with Crippen molar-refractivity contribution in [1.82, 2.24) is 4.90 Å². The van der Waals surface area contributed by atoms with Gasteiger partial charge in [-0.25, -0.2) is 0 Å². The zero-order valence-corrected chi connectivity index (χ0v) is 18.1. The number of hydrogen-bond acceptors (Lipinski definition) is 4. The highest BCUT2D eigenvalue weighted by molar-refractivity contribution is 6.03. The fourth-order valence-electron chi connectivity index (χ4n) is 4.53. The molecule has 160 valence electrons. The number of ether oxygens (including phenoxy) is 2. The molecular weight excluding hydrogens is 376 g/mol. The molecule has 2 aliphatic rings. The summed E-state index contributed by atoms with van der Waals surface area (Å²) in [6.45, 7) is 5.94. The predicted molar refractivity (Wildman–Crippen MR) is 119 cm³/mol. The molecule has 2 aromatic carbocycles. The van der Waals surface area contributed by atoms with Crippen molar-refractivity contribution in [2.45, 2.75) is 51.7 Å². The second-order valence-electron chi connectivity index (χ2n) is 8.35. The van der Waals surface area contributed by atoms with E-state index in [1.54, 1.807) is 7.11 Å². The van der Waals surface area contributed by atoms with Crippen LogP contribution in [0.15, 0.2) is 42.5 Å². The van der Waals surface area contributed by atoms with E-state index in [9.17, 15) is 4.79 Å². The Morgan fingerprint density at radius 1 is 1.10 bits per heavy atom. The minimum absolute atomic E-state index is 0.135. The van der Waals surface area contributed by atoms with Gasteiger partial charge in [-0.05, 0) is 80.6 Å². The number of benzene rings is 2. The van der Waals surface area contributed by atoms with E-state index in [0.717, 1.165) is 48.7 Å². The highest BCUT2D eigenvalue weighted by Crippen LogP contribution is 2.36. The first kappa shape index (κ1) is 20.9. The van der Waals surface area contributed by atoms with Crippen molar-refractivity contribution in [3.63, 3.8) is 0 Å². The summed E-state index contributed by atoms with van der Waals surface area (Å²) in [5.74, 6) is 1.03. The lowest BCUT2D eigenvalue weighted by atomic mass is 10.00. The van der Waals surface area contributed by atoms with Crippen LogP contribution in [0.25, 0.3) is 0 Å². The first-order valence-electron chi connectivity index (χ1n) is 11.1. The molecule has 0 unspecified atom stereocenters. The number of methoxy groups -OCH3 is 1. The van der Waals surface area contributed by atoms with Gasteiger partial charge in [0.1, 0.15) is 5.75 Å². The molecule has 2 aliphatic heterocycles. The molecule has 1 saturated heterocycles. The molecule has 0 aromatic heterocycles. The lowest BCUT2D eigenvalue weighted by Gasteiger charge is -2.30. The number of anilines is 2. The van der Waals surface area contributed by atoms with Gasteiger partial charge in [-0.2, -0.15) is 0 Å². The number of rotatable bonds is 8. The Labute approximate surface area is 179 Å². The van der Waals surface area contributed by atoms with Gasteiger partial charge in [-0.15, -0.1) is 0 Å². The summed E-state index contributed by atoms with van der Waals surface area (Å²) in [7, 11) is 1.69. The Kier molecular flexibility index (Phi) is 6.70. The number of carbonyl (C=O) groups excluding carboxylic acids is 1. The largest absolute Gasteiger partial charge is 0.494 e. The molecule has 0 saturated carbocycles. The van der Waals surface area contributed by atoms with Crippen molar-refractivity contribution in [3.8, 4) is 5.75 Å². The third-order valence-electron chi connectivity index (χ3n) is 6.20. The number of aryl methyl sites for hydroxylation is 1. The second-order valence-corrected chi connectivity index (χ2v) is 8.35. The van der Waals surface area contributed by atoms with Crippen LogP contribution in [0, 0.1) is 0 Å². The molecule has 0 N–H and O–H groups in total. The van der Waals surface area contributed by atoms with Crippen LogP contribution < -0.4 is 9.64 Å². The van der Waals surface area contributed by atoms with Crippen molar-refractivity contribution in [2.24, 2.45) is 0 Å². The summed E-state index contributed by atoms with van der Waals surface area (Å²) in [6.07, 6.45) is 4.95. The molecule has 4 rings (SSSR count). The van der Waals surface area contributed by atoms with Crippen molar-refractivity contribution in [3.05, 3.63) is 53.6 Å². The zero-order valence-electron chi connectivity index (χ0n) is 18.1. The summed E-state index contributed by atoms with van der Waals surface area (Å²) in [5.41, 5.74) is 4.12. The van der Waals surface area contributed by atoms with E-state index in [4.69, 9.17) is 9.47 Å². The van der Waals surface area contributed by atoms with Crippen molar-refractivity contribution >= 4 is 17.3 Å². The van der Waals surface area contributed by atoms with Crippen molar-refractivity contribution in [2.75, 3.05) is 31.7 Å². The number of amides is 1. The average molecular weight is 409 g/mol. The van der Waals surface area contributed by atoms with E-state index in [1.165, 1.54) is 24.9 Å². The summed E-state index contributed by atoms with van der Waals surface area (Å²) in [6, 6.07) is 14.8. The van der Waals surface area contributed by atoms with Crippen LogP contribution in [0.5, 0.6) is 5.75 Å². The SMILES string of the molecule is COCc1ccc(N2C(=O)CCc3cc(OCCCN4CCC[C@H]4C)ccc32)cc1. The Morgan fingerprint density at radius 3 is 2.67 bits per heavy atom. The van der Waals surface area contributed by atoms with Gasteiger partial charge in [0.2, 0.25) is 5.91 Å². The van der Waals surface area contributed by atoms with Gasteiger partial charge in [0, 0.05) is 31.8 Å². The van der Waals surface area contributed by atoms with Crippen LogP contribution in [0.1, 0.15) is 43.7 Å². The molecule has 2 aromatic rings. The van der Waals surface area contributed by atoms with Crippen LogP contribution in [0.2, 0.25) is 0 Å². The molecule has 1 atom stereocenters. The van der Waals surface area contributed by atoms with E-state index >= 15 is 0 Å². The van der Waals surface area contributed by atoms with Gasteiger partial charge in [0.25, 0.3) is 0 Å². The Hall–Kier alpha value is -2.37. The highest BCUT2D eigenvalue weighted by atomic mass is 16.5. The van der Waals surface area contributed by atoms with Gasteiger partial charge in [0.05, 0.1) is 18.9 Å². The number of hydrogen-bond donors (Lipinski definition) is 0. The molecule has 30 heavy (non-hydrogen) atoms. The van der Waals surface area contributed by atoms with Gasteiger partial charge in [-0.3, -0.25) is 9.69 Å². The van der Waals surface area contributed by atoms with Gasteiger partial charge >= 0.3 is 0 Å². The first-order chi connectivity index (χ1) is 14.7. The van der Waals surface area contributed by atoms with Crippen LogP contribution in [0.3, 0.4) is 0 Å². The third kappa shape index (κ3) is 4.68. The Morgan fingerprint density at radius 2 is 1.93 bits per heavy atom. The average Bonchev–Trinajstić information content (AvgIpc) is 3.17. The minimum Gasteiger partial charge on any atom is -0.494 e. The molecule has 0 spiro atoms. The summed E-state index contributed by atoms with van der Waals surface area (Å²) >= 11 is 0. The third-order valence-corrected chi connectivity index (χ3v) is 6.20. The normalized spacial score (nSPS) is 19.2. The second kappa shape index (κ2) is 9.63. The maximum absolute atomic E-state index is 12.7. The molecule has 2 heterocycles. The number of fused-ring (bicyclic) bond motifs is 1. The lowest BCUT2D eigenvalue weighted by molar-refractivity contribution is -0.118. The Balaban J connectivity index is 1.41. The van der Waals surface area contributed by atoms with Crippen molar-refractivity contribution < 1.29 is 14.3 Å². The van der Waals surface area contributed by atoms with E-state index in [2.05, 4.69) is 17.9 Å². The standard InChI is InChI=1S/C25H32N2O3/c1-19-5-3-14-26(19)15-4-16-30-23-11-12-24-21(17-23)8-13-25(28)27(24)22-9-6-20(7-10-22)18-29-2/h6-7,9-12,17,19H,3-5,8,13-16,18H2,1-2H3/t19-/m1/s1. The van der Waals surface area contributed by atoms with E-state index in [0.29, 0.717) is 19.1 Å². The van der Waals surface area contributed by atoms with Crippen LogP contribution in [0.4, 0.5) is 11.4 Å². The van der Waals surface area contributed by atoms with Crippen LogP contribution >= 0.6 is 0 Å². The maximum Gasteiger partial charge on any atom is 0.231 e. The topological polar surface area (TPSA) is 42.0 Å². The smallest absolute Gasteiger partial charge is 0.231 e. The maximum atomic E-state index is 12.7. The predicted octanol–water partition coefficient (Wildman–Crippen LogP) is 4.70. The van der Waals surface area contributed by atoms with Gasteiger partial charge in [0.15, 0.2) is 0 Å². The fraction of sp³-hybridized carbons (Fsp3) is 0.480. The minimum atomic E-state index is 0.135. The molecular formula is C25H32N2O3. The van der Waals surface area contributed by atoms with E-state index in [-0.39, 0.29) is 5.91 Å². The molecule has 0 bridgehead atoms. The first-order valence-corrected chi connectivity index (χ1v) is 11.1. The van der Waals surface area contributed by atoms with Crippen LogP contribution in [-0.4, -0.2) is 43.7 Å². The lowest BCUT2D eigenvalue weighted by Crippen LogP contribution is -2.30. The summed E-state index contributed by atoms with van der Waals surface area (Å²) in [4.78, 5) is 17.1. The van der Waals surface area contributed by atoms with E-state index < -0.39 is 0 Å². The number of carbonyl (C=O) groups is 1. The Bertz CT molecular complexity index is 865. The molecule has 1 fully saturated rings. The summed E-state index contributed by atoms with van der Waals surface area (Å²) < 4.78 is 11.2. The van der Waals surface area contributed by atoms with Gasteiger partial charge in [-0.1, -0.05) is 12.1 Å². The van der Waals surface area contributed by atoms with Crippen LogP contribution in [-0.2, 0) is 22.6 Å². The number of nitrogens with zero attached hydrogens (tertiary/aromatic N) is 2. The molecule has 5 heteroatoms. The van der Waals surface area contributed by atoms with Crippen molar-refractivity contribution in [1.29, 1.82) is 0 Å². The molecule has 1 amide bonds. The quantitative estimate of drug-likeness (QED) is 0.594. The monoisotopic (exact) mass is 408 g/mol. The highest BCUT2D eigenvalue weighted by Gasteiger charge is 2.26.